The van der Waals surface area contributed by atoms with E-state index in [4.69, 9.17) is 0 Å². The fourth-order valence-electron chi connectivity index (χ4n) is 7.93. The quantitative estimate of drug-likeness (QED) is 0.0888. The van der Waals surface area contributed by atoms with Crippen molar-refractivity contribution < 1.29 is 17.9 Å². The van der Waals surface area contributed by atoms with Gasteiger partial charge in [0.2, 0.25) is 0 Å². The monoisotopic (exact) mass is 918 g/mol. The van der Waals surface area contributed by atoms with E-state index >= 15 is 0 Å². The third-order valence-electron chi connectivity index (χ3n) is 10.8. The SMILES string of the molecule is [Ru+]=[C]1CC(c2cccs2)(C2CC2)c2[nH]ccc21.c1cc[cH-]c1.c1ccc(P(c2ccccc2)c2ccccc2)cc1.c1ccc(P(c2ccccc2)c2ccccc2)cc1. The summed E-state index contributed by atoms with van der Waals surface area (Å²) in [7, 11) is -0.892. The third-order valence-corrected chi connectivity index (χ3v) is 17.5. The van der Waals surface area contributed by atoms with Crippen LogP contribution in [0.5, 0.6) is 0 Å². The number of nitrogens with one attached hydrogen (secondary N) is 1. The first kappa shape index (κ1) is 41.7. The molecule has 2 heterocycles. The summed E-state index contributed by atoms with van der Waals surface area (Å²) < 4.78 is 1.49. The van der Waals surface area contributed by atoms with Gasteiger partial charge in [-0.3, -0.25) is 0 Å². The summed E-state index contributed by atoms with van der Waals surface area (Å²) in [6.45, 7) is 0. The minimum atomic E-state index is -0.446. The van der Waals surface area contributed by atoms with Gasteiger partial charge in [-0.05, 0) is 47.7 Å². The van der Waals surface area contributed by atoms with E-state index in [1.54, 1.807) is 4.88 Å². The zero-order chi connectivity index (χ0) is 40.8. The number of H-pyrrole nitrogens is 1. The fourth-order valence-corrected chi connectivity index (χ4v) is 14.4. The minimum Gasteiger partial charge on any atom is -0.214 e. The van der Waals surface area contributed by atoms with Gasteiger partial charge in [-0.2, -0.15) is 18.2 Å². The number of benzene rings is 6. The molecule has 0 amide bonds. The van der Waals surface area contributed by atoms with E-state index in [9.17, 15) is 0 Å². The van der Waals surface area contributed by atoms with Crippen molar-refractivity contribution in [3.63, 3.8) is 0 Å². The maximum atomic E-state index is 3.52. The molecule has 2 aromatic heterocycles. The first-order valence-electron chi connectivity index (χ1n) is 20.5. The van der Waals surface area contributed by atoms with Crippen LogP contribution in [0.15, 0.2) is 242 Å². The summed E-state index contributed by atoms with van der Waals surface area (Å²) in [5, 5.41) is 10.6. The second-order valence-electron chi connectivity index (χ2n) is 14.7. The number of aromatic nitrogens is 1. The average Bonchev–Trinajstić information content (AvgIpc) is 3.79. The molecule has 0 radical (unpaired) electrons. The number of hydrogen-bond acceptors (Lipinski definition) is 1. The van der Waals surface area contributed by atoms with Crippen molar-refractivity contribution in [1.29, 1.82) is 0 Å². The van der Waals surface area contributed by atoms with Crippen LogP contribution in [0.4, 0.5) is 0 Å². The van der Waals surface area contributed by atoms with E-state index in [2.05, 4.69) is 235 Å². The van der Waals surface area contributed by atoms with Gasteiger partial charge < -0.3 is 0 Å². The van der Waals surface area contributed by atoms with Crippen LogP contribution in [-0.2, 0) is 23.3 Å². The Morgan fingerprint density at radius 2 is 0.867 bits per heavy atom. The molecule has 0 saturated heterocycles. The van der Waals surface area contributed by atoms with Crippen LogP contribution in [0.25, 0.3) is 0 Å². The van der Waals surface area contributed by atoms with Crippen LogP contribution in [-0.4, -0.2) is 9.09 Å². The smallest absolute Gasteiger partial charge is 0.0134 e. The van der Waals surface area contributed by atoms with Gasteiger partial charge in [-0.1, -0.05) is 182 Å². The predicted molar refractivity (Wildman–Crippen MR) is 260 cm³/mol. The number of aromatic amines is 1. The molecule has 1 N–H and O–H groups in total. The van der Waals surface area contributed by atoms with Crippen LogP contribution in [0.3, 0.4) is 0 Å². The van der Waals surface area contributed by atoms with Gasteiger partial charge in [0.25, 0.3) is 0 Å². The van der Waals surface area contributed by atoms with Crippen LogP contribution in [0.1, 0.15) is 35.4 Å². The number of rotatable bonds is 8. The van der Waals surface area contributed by atoms with Gasteiger partial charge in [-0.15, -0.1) is 0 Å². The zero-order valence-corrected chi connectivity index (χ0v) is 37.8. The molecule has 9 aromatic rings. The molecule has 1 fully saturated rings. The molecule has 7 aromatic carbocycles. The van der Waals surface area contributed by atoms with Gasteiger partial charge in [0, 0.05) is 0 Å². The topological polar surface area (TPSA) is 15.8 Å². The van der Waals surface area contributed by atoms with Crippen molar-refractivity contribution in [2.45, 2.75) is 24.7 Å². The molecule has 297 valence electrons. The standard InChI is InChI=1S/2C18H15P.C14H13NS.C5H5.Ru/c2*1-4-10-16(11-5-1)19(17-12-6-2-7-13-17)18-14-8-3-9-15-18;1-2-12(16-9-1)14(11-3-4-11)7-5-10-6-8-15-13(10)14;1-2-4-5-3-1;/h2*1-15H;1-2,6,8-9,11,15H,3-4,7H2;1-5H;/q;;;-1;+1. The van der Waals surface area contributed by atoms with Crippen LogP contribution in [0, 0.1) is 5.92 Å². The third kappa shape index (κ3) is 10.1. The van der Waals surface area contributed by atoms with E-state index in [-0.39, 0.29) is 5.41 Å². The molecule has 1 saturated carbocycles. The normalized spacial score (nSPS) is 15.1. The Morgan fingerprint density at radius 1 is 0.483 bits per heavy atom. The number of fused-ring (bicyclic) bond motifs is 1. The van der Waals surface area contributed by atoms with Crippen LogP contribution in [0.2, 0.25) is 0 Å². The maximum Gasteiger partial charge on any atom is -0.0134 e. The van der Waals surface area contributed by atoms with Crippen LogP contribution < -0.4 is 31.8 Å². The molecule has 5 heteroatoms. The Balaban J connectivity index is 0.000000118. The van der Waals surface area contributed by atoms with E-state index in [1.807, 2.05) is 41.7 Å². The van der Waals surface area contributed by atoms with E-state index < -0.39 is 15.8 Å². The fraction of sp³-hybridized carbons (Fsp3) is 0.0909. The average molecular weight is 918 g/mol. The van der Waals surface area contributed by atoms with Crippen molar-refractivity contribution in [3.8, 4) is 0 Å². The van der Waals surface area contributed by atoms with Gasteiger partial charge in [0.15, 0.2) is 0 Å². The Morgan fingerprint density at radius 3 is 1.17 bits per heavy atom. The molecular weight excluding hydrogens is 870 g/mol. The molecule has 2 aliphatic rings. The van der Waals surface area contributed by atoms with E-state index in [1.165, 1.54) is 66.5 Å². The van der Waals surface area contributed by atoms with E-state index in [0.717, 1.165) is 5.92 Å². The van der Waals surface area contributed by atoms with Gasteiger partial charge >= 0.3 is 115 Å². The molecule has 1 atom stereocenters. The second-order valence-corrected chi connectivity index (χ2v) is 21.1. The largest absolute Gasteiger partial charge is 0.214 e. The minimum absolute atomic E-state index is 0.271. The Bertz CT molecular complexity index is 2250. The summed E-state index contributed by atoms with van der Waals surface area (Å²) in [6.07, 6.45) is 6.06. The van der Waals surface area contributed by atoms with Crippen molar-refractivity contribution in [1.82, 2.24) is 4.98 Å². The van der Waals surface area contributed by atoms with Crippen molar-refractivity contribution in [2.75, 3.05) is 0 Å². The molecule has 0 aliphatic heterocycles. The first-order chi connectivity index (χ1) is 29.7. The first-order valence-corrected chi connectivity index (χ1v) is 24.9. The molecule has 0 spiro atoms. The van der Waals surface area contributed by atoms with Crippen molar-refractivity contribution in [2.24, 2.45) is 5.92 Å². The van der Waals surface area contributed by atoms with E-state index in [0.29, 0.717) is 0 Å². The summed E-state index contributed by atoms with van der Waals surface area (Å²) >= 11 is 4.76. The van der Waals surface area contributed by atoms with Gasteiger partial charge in [0.05, 0.1) is 0 Å². The molecular formula is C55H48NP2RuS. The Labute approximate surface area is 372 Å². The Hall–Kier alpha value is -5.00. The zero-order valence-electron chi connectivity index (χ0n) is 33.4. The number of hydrogen-bond donors (Lipinski definition) is 1. The molecule has 60 heavy (non-hydrogen) atoms. The van der Waals surface area contributed by atoms with Crippen molar-refractivity contribution in [3.05, 3.63) is 258 Å². The second kappa shape index (κ2) is 21.0. The summed E-state index contributed by atoms with van der Waals surface area (Å²) in [5.74, 6) is 0.846. The maximum absolute atomic E-state index is 3.52. The molecule has 0 bridgehead atoms. The molecule has 2 aliphatic carbocycles. The Kier molecular flexibility index (Phi) is 14.6. The molecule has 1 unspecified atom stereocenters. The number of thiophene rings is 1. The van der Waals surface area contributed by atoms with Crippen molar-refractivity contribution >= 4 is 63.1 Å². The summed E-state index contributed by atoms with van der Waals surface area (Å²) in [5.41, 5.74) is 3.19. The predicted octanol–water partition coefficient (Wildman–Crippen LogP) is 11.5. The summed E-state index contributed by atoms with van der Waals surface area (Å²) in [6, 6.07) is 81.4. The van der Waals surface area contributed by atoms with Gasteiger partial charge in [0.1, 0.15) is 0 Å². The van der Waals surface area contributed by atoms with Crippen LogP contribution >= 0.6 is 27.2 Å². The molecule has 11 rings (SSSR count). The summed E-state index contributed by atoms with van der Waals surface area (Å²) in [4.78, 5) is 5.07. The molecule has 1 nitrogen and oxygen atoms in total. The van der Waals surface area contributed by atoms with Gasteiger partial charge in [-0.25, -0.2) is 12.1 Å².